The van der Waals surface area contributed by atoms with Crippen LogP contribution < -0.4 is 11.2 Å². The molecule has 2 N–H and O–H groups in total. The number of carbonyl (C=O) groups is 1. The molecule has 1 aromatic heterocycles. The Balaban J connectivity index is 3.09. The van der Waals surface area contributed by atoms with Gasteiger partial charge in [-0.25, -0.2) is 9.59 Å². The first-order valence-corrected chi connectivity index (χ1v) is 4.34. The minimum atomic E-state index is -4.47. The second-order valence-corrected chi connectivity index (χ2v) is 3.17. The molecule has 0 amide bonds. The quantitative estimate of drug-likeness (QED) is 0.803. The summed E-state index contributed by atoms with van der Waals surface area (Å²) < 4.78 is 36.2. The zero-order valence-electron chi connectivity index (χ0n) is 8.24. The molecular weight excluding hydrogens is 245 g/mol. The van der Waals surface area contributed by atoms with Crippen molar-refractivity contribution < 1.29 is 23.1 Å². The maximum absolute atomic E-state index is 11.9. The van der Waals surface area contributed by atoms with E-state index in [2.05, 4.69) is 0 Å². The summed E-state index contributed by atoms with van der Waals surface area (Å²) in [6, 6.07) is 0. The molecule has 6 nitrogen and oxygen atoms in total. The Morgan fingerprint density at radius 3 is 2.47 bits per heavy atom. The molecule has 0 aliphatic carbocycles. The number of aromatic nitrogens is 2. The average molecular weight is 252 g/mol. The Bertz CT molecular complexity index is 543. The molecular formula is C8H7F3N2O4. The van der Waals surface area contributed by atoms with Crippen LogP contribution in [0.1, 0.15) is 16.8 Å². The normalized spacial score (nSPS) is 11.5. The van der Waals surface area contributed by atoms with E-state index in [1.807, 2.05) is 0 Å². The van der Waals surface area contributed by atoms with Crippen LogP contribution in [0, 0.1) is 0 Å². The summed E-state index contributed by atoms with van der Waals surface area (Å²) in [6.07, 6.45) is -5.17. The molecule has 9 heteroatoms. The Labute approximate surface area is 91.3 Å². The number of carboxylic acids is 1. The van der Waals surface area contributed by atoms with Crippen molar-refractivity contribution >= 4 is 5.97 Å². The van der Waals surface area contributed by atoms with Gasteiger partial charge in [0.05, 0.1) is 6.42 Å². The number of hydrogen-bond acceptors (Lipinski definition) is 3. The SMILES string of the molecule is O=C(O)c1cn(CCC(F)(F)F)c(=O)[nH]c1=O. The van der Waals surface area contributed by atoms with Crippen molar-refractivity contribution in [2.75, 3.05) is 0 Å². The van der Waals surface area contributed by atoms with E-state index in [4.69, 9.17) is 5.11 Å². The van der Waals surface area contributed by atoms with E-state index in [-0.39, 0.29) is 0 Å². The lowest BCUT2D eigenvalue weighted by Crippen LogP contribution is -2.34. The molecule has 0 bridgehead atoms. The van der Waals surface area contributed by atoms with Crippen LogP contribution in [0.5, 0.6) is 0 Å². The first kappa shape index (κ1) is 13.0. The molecule has 1 heterocycles. The number of carboxylic acid groups (broad SMARTS) is 1. The number of rotatable bonds is 3. The molecule has 0 aliphatic rings. The highest BCUT2D eigenvalue weighted by atomic mass is 19.4. The average Bonchev–Trinajstić information content (AvgIpc) is 2.14. The zero-order chi connectivity index (χ0) is 13.2. The van der Waals surface area contributed by atoms with E-state index < -0.39 is 41.9 Å². The van der Waals surface area contributed by atoms with Crippen LogP contribution in [-0.4, -0.2) is 26.8 Å². The van der Waals surface area contributed by atoms with Crippen LogP contribution in [0.4, 0.5) is 13.2 Å². The van der Waals surface area contributed by atoms with Crippen molar-refractivity contribution in [2.45, 2.75) is 19.1 Å². The van der Waals surface area contributed by atoms with Crippen LogP contribution in [-0.2, 0) is 6.54 Å². The van der Waals surface area contributed by atoms with Gasteiger partial charge in [-0.05, 0) is 0 Å². The van der Waals surface area contributed by atoms with Gasteiger partial charge in [0, 0.05) is 12.7 Å². The van der Waals surface area contributed by atoms with Crippen LogP contribution in [0.25, 0.3) is 0 Å². The number of aromatic carboxylic acids is 1. The summed E-state index contributed by atoms with van der Waals surface area (Å²) in [5, 5.41) is 8.55. The molecule has 0 unspecified atom stereocenters. The number of halogens is 3. The molecule has 1 aromatic rings. The fraction of sp³-hybridized carbons (Fsp3) is 0.375. The first-order valence-electron chi connectivity index (χ1n) is 4.34. The molecule has 0 saturated carbocycles. The first-order chi connectivity index (χ1) is 7.70. The molecule has 0 spiro atoms. The minimum absolute atomic E-state index is 0.498. The van der Waals surface area contributed by atoms with Crippen LogP contribution >= 0.6 is 0 Å². The predicted molar refractivity (Wildman–Crippen MR) is 49.0 cm³/mol. The van der Waals surface area contributed by atoms with Gasteiger partial charge >= 0.3 is 17.8 Å². The van der Waals surface area contributed by atoms with Gasteiger partial charge in [0.2, 0.25) is 0 Å². The maximum atomic E-state index is 11.9. The molecule has 0 saturated heterocycles. The Kier molecular flexibility index (Phi) is 3.39. The molecule has 94 valence electrons. The second-order valence-electron chi connectivity index (χ2n) is 3.17. The van der Waals surface area contributed by atoms with E-state index in [9.17, 15) is 27.6 Å². The summed E-state index contributed by atoms with van der Waals surface area (Å²) in [7, 11) is 0. The molecule has 0 fully saturated rings. The molecule has 0 aromatic carbocycles. The Morgan fingerprint density at radius 1 is 1.41 bits per heavy atom. The zero-order valence-corrected chi connectivity index (χ0v) is 8.24. The number of nitrogens with zero attached hydrogens (tertiary/aromatic N) is 1. The van der Waals surface area contributed by atoms with Crippen molar-refractivity contribution in [3.63, 3.8) is 0 Å². The van der Waals surface area contributed by atoms with Gasteiger partial charge in [0.25, 0.3) is 5.56 Å². The molecule has 0 atom stereocenters. The van der Waals surface area contributed by atoms with Gasteiger partial charge in [-0.2, -0.15) is 13.2 Å². The van der Waals surface area contributed by atoms with Gasteiger partial charge in [-0.15, -0.1) is 0 Å². The standard InChI is InChI=1S/C8H7F3N2O4/c9-8(10,11)1-2-13-3-4(6(15)16)5(14)12-7(13)17/h3H,1-2H2,(H,15,16)(H,12,14,17). The summed E-state index contributed by atoms with van der Waals surface area (Å²) in [5.41, 5.74) is -3.01. The lowest BCUT2D eigenvalue weighted by molar-refractivity contribution is -0.136. The number of H-pyrrole nitrogens is 1. The number of hydrogen-bond donors (Lipinski definition) is 2. The lowest BCUT2D eigenvalue weighted by Gasteiger charge is -2.08. The van der Waals surface area contributed by atoms with Crippen molar-refractivity contribution in [2.24, 2.45) is 0 Å². The number of nitrogens with one attached hydrogen (secondary N) is 1. The summed E-state index contributed by atoms with van der Waals surface area (Å²) in [5.74, 6) is -1.62. The van der Waals surface area contributed by atoms with Gasteiger partial charge in [-0.1, -0.05) is 0 Å². The van der Waals surface area contributed by atoms with Crippen LogP contribution in [0.2, 0.25) is 0 Å². The fourth-order valence-electron chi connectivity index (χ4n) is 1.08. The van der Waals surface area contributed by atoms with Crippen LogP contribution in [0.15, 0.2) is 15.8 Å². The minimum Gasteiger partial charge on any atom is -0.477 e. The van der Waals surface area contributed by atoms with E-state index >= 15 is 0 Å². The van der Waals surface area contributed by atoms with Crippen molar-refractivity contribution in [1.82, 2.24) is 9.55 Å². The Hall–Kier alpha value is -2.06. The number of alkyl halides is 3. The van der Waals surface area contributed by atoms with E-state index in [0.717, 1.165) is 0 Å². The summed E-state index contributed by atoms with van der Waals surface area (Å²) in [6.45, 7) is -0.751. The monoisotopic (exact) mass is 252 g/mol. The highest BCUT2D eigenvalue weighted by Gasteiger charge is 2.27. The molecule has 17 heavy (non-hydrogen) atoms. The summed E-state index contributed by atoms with van der Waals surface area (Å²) in [4.78, 5) is 34.2. The number of aromatic amines is 1. The largest absolute Gasteiger partial charge is 0.477 e. The van der Waals surface area contributed by atoms with Crippen molar-refractivity contribution in [1.29, 1.82) is 0 Å². The topological polar surface area (TPSA) is 92.2 Å². The predicted octanol–water partition coefficient (Wildman–Crippen LogP) is 0.187. The second kappa shape index (κ2) is 4.44. The highest BCUT2D eigenvalue weighted by Crippen LogP contribution is 2.19. The third-order valence-electron chi connectivity index (χ3n) is 1.88. The maximum Gasteiger partial charge on any atom is 0.390 e. The van der Waals surface area contributed by atoms with E-state index in [1.54, 1.807) is 4.98 Å². The van der Waals surface area contributed by atoms with E-state index in [0.29, 0.717) is 10.8 Å². The smallest absolute Gasteiger partial charge is 0.390 e. The molecule has 0 radical (unpaired) electrons. The highest BCUT2D eigenvalue weighted by molar-refractivity contribution is 5.86. The van der Waals surface area contributed by atoms with Crippen molar-refractivity contribution in [3.8, 4) is 0 Å². The van der Waals surface area contributed by atoms with Gasteiger partial charge in [0.1, 0.15) is 5.56 Å². The summed E-state index contributed by atoms with van der Waals surface area (Å²) >= 11 is 0. The Morgan fingerprint density at radius 2 is 2.00 bits per heavy atom. The molecule has 0 aliphatic heterocycles. The fourth-order valence-corrected chi connectivity index (χ4v) is 1.08. The van der Waals surface area contributed by atoms with Crippen LogP contribution in [0.3, 0.4) is 0 Å². The number of aryl methyl sites for hydroxylation is 1. The lowest BCUT2D eigenvalue weighted by atomic mass is 10.3. The molecule has 1 rings (SSSR count). The third-order valence-corrected chi connectivity index (χ3v) is 1.88. The van der Waals surface area contributed by atoms with Gasteiger partial charge < -0.3 is 5.11 Å². The van der Waals surface area contributed by atoms with Gasteiger partial charge in [-0.3, -0.25) is 14.3 Å². The van der Waals surface area contributed by atoms with Crippen molar-refractivity contribution in [3.05, 3.63) is 32.6 Å². The third kappa shape index (κ3) is 3.47. The van der Waals surface area contributed by atoms with Gasteiger partial charge in [0.15, 0.2) is 0 Å². The van der Waals surface area contributed by atoms with E-state index in [1.165, 1.54) is 0 Å².